The summed E-state index contributed by atoms with van der Waals surface area (Å²) >= 11 is 1.18. The number of nitrogens with one attached hydrogen (secondary N) is 1. The van der Waals surface area contributed by atoms with Gasteiger partial charge in [-0.3, -0.25) is 14.5 Å². The molecule has 142 valence electrons. The molecule has 1 fully saturated rings. The minimum Gasteiger partial charge on any atom is -0.354 e. The summed E-state index contributed by atoms with van der Waals surface area (Å²) in [6.45, 7) is 1.93. The number of carbonyl (C=O) groups is 2. The zero-order valence-corrected chi connectivity index (χ0v) is 16.2. The summed E-state index contributed by atoms with van der Waals surface area (Å²) in [6.07, 6.45) is 0.363. The largest absolute Gasteiger partial charge is 0.354 e. The van der Waals surface area contributed by atoms with E-state index in [4.69, 9.17) is 0 Å². The number of carbonyl (C=O) groups excluding carboxylic acids is 2. The van der Waals surface area contributed by atoms with Gasteiger partial charge in [-0.1, -0.05) is 41.6 Å². The van der Waals surface area contributed by atoms with E-state index in [1.807, 2.05) is 25.1 Å². The first-order valence-corrected chi connectivity index (χ1v) is 9.50. The fourth-order valence-corrected chi connectivity index (χ4v) is 4.18. The lowest BCUT2D eigenvalue weighted by Crippen LogP contribution is -2.31. The highest BCUT2D eigenvalue weighted by Crippen LogP contribution is 2.41. The molecule has 2 aromatic rings. The number of aryl methyl sites for hydroxylation is 1. The van der Waals surface area contributed by atoms with Crippen LogP contribution in [0.1, 0.15) is 11.1 Å². The second-order valence-corrected chi connectivity index (χ2v) is 7.51. The smallest absolute Gasteiger partial charge is 0.264 e. The van der Waals surface area contributed by atoms with Crippen molar-refractivity contribution >= 4 is 29.3 Å². The normalized spacial score (nSPS) is 18.0. The summed E-state index contributed by atoms with van der Waals surface area (Å²) in [4.78, 5) is 26.8. The van der Waals surface area contributed by atoms with E-state index in [1.165, 1.54) is 35.8 Å². The summed E-state index contributed by atoms with van der Waals surface area (Å²) < 4.78 is 13.2. The Morgan fingerprint density at radius 1 is 1.21 bits per heavy atom. The molecular formula is C21H18FN3O2S. The van der Waals surface area contributed by atoms with Gasteiger partial charge in [0.15, 0.2) is 0 Å². The highest BCUT2D eigenvalue weighted by atomic mass is 32.2. The van der Waals surface area contributed by atoms with Gasteiger partial charge in [0.05, 0.1) is 5.25 Å². The van der Waals surface area contributed by atoms with Gasteiger partial charge in [-0.2, -0.15) is 5.26 Å². The quantitative estimate of drug-likeness (QED) is 0.637. The zero-order chi connectivity index (χ0) is 20.3. The third kappa shape index (κ3) is 3.92. The van der Waals surface area contributed by atoms with Crippen LogP contribution in [0.4, 0.5) is 10.1 Å². The van der Waals surface area contributed by atoms with Crippen LogP contribution in [0.3, 0.4) is 0 Å². The van der Waals surface area contributed by atoms with Gasteiger partial charge in [-0.25, -0.2) is 4.39 Å². The zero-order valence-electron chi connectivity index (χ0n) is 15.4. The molecule has 1 aliphatic rings. The number of halogens is 1. The van der Waals surface area contributed by atoms with E-state index in [1.54, 1.807) is 24.3 Å². The highest BCUT2D eigenvalue weighted by Gasteiger charge is 2.40. The Morgan fingerprint density at radius 3 is 2.43 bits per heavy atom. The van der Waals surface area contributed by atoms with Gasteiger partial charge in [0.1, 0.15) is 22.5 Å². The Labute approximate surface area is 166 Å². The first-order valence-electron chi connectivity index (χ1n) is 8.62. The third-order valence-corrected chi connectivity index (χ3v) is 5.62. The van der Waals surface area contributed by atoms with Gasteiger partial charge in [0, 0.05) is 12.7 Å². The van der Waals surface area contributed by atoms with Crippen molar-refractivity contribution in [2.75, 3.05) is 11.9 Å². The van der Waals surface area contributed by atoms with Crippen molar-refractivity contribution < 1.29 is 14.0 Å². The average molecular weight is 395 g/mol. The topological polar surface area (TPSA) is 73.2 Å². The van der Waals surface area contributed by atoms with Crippen LogP contribution in [0, 0.1) is 24.1 Å². The van der Waals surface area contributed by atoms with Crippen LogP contribution >= 0.6 is 11.8 Å². The van der Waals surface area contributed by atoms with Crippen molar-refractivity contribution in [3.63, 3.8) is 0 Å². The lowest BCUT2D eigenvalue weighted by molar-refractivity contribution is -0.117. The van der Waals surface area contributed by atoms with Gasteiger partial charge in [-0.05, 0) is 43.2 Å². The van der Waals surface area contributed by atoms with E-state index < -0.39 is 11.2 Å². The molecule has 0 radical (unpaired) electrons. The Balaban J connectivity index is 2.03. The number of hydrogen-bond donors (Lipinski definition) is 1. The number of nitrogens with zero attached hydrogens (tertiary/aromatic N) is 2. The monoisotopic (exact) mass is 395 g/mol. The maximum atomic E-state index is 13.2. The van der Waals surface area contributed by atoms with E-state index in [2.05, 4.69) is 5.32 Å². The molecule has 1 saturated heterocycles. The Morgan fingerprint density at radius 2 is 1.86 bits per heavy atom. The van der Waals surface area contributed by atoms with Crippen molar-refractivity contribution in [1.82, 2.24) is 5.32 Å². The molecule has 0 spiro atoms. The number of benzene rings is 2. The maximum Gasteiger partial charge on any atom is 0.264 e. The third-order valence-electron chi connectivity index (χ3n) is 4.36. The number of thioether (sulfide) groups is 1. The molecule has 3 rings (SSSR count). The summed E-state index contributed by atoms with van der Waals surface area (Å²) in [5.41, 5.74) is 2.32. The highest BCUT2D eigenvalue weighted by molar-refractivity contribution is 8.05. The number of anilines is 1. The number of rotatable bonds is 4. The molecule has 2 aromatic carbocycles. The average Bonchev–Trinajstić information content (AvgIpc) is 3.00. The maximum absolute atomic E-state index is 13.2. The summed E-state index contributed by atoms with van der Waals surface area (Å²) in [6, 6.07) is 15.2. The Hall–Kier alpha value is -3.11. The van der Waals surface area contributed by atoms with Crippen LogP contribution in [-0.4, -0.2) is 24.1 Å². The number of hydrogen-bond acceptors (Lipinski definition) is 4. The molecule has 28 heavy (non-hydrogen) atoms. The molecule has 0 saturated carbocycles. The summed E-state index contributed by atoms with van der Waals surface area (Å²) in [5, 5.41) is 11.8. The standard InChI is InChI=1S/C21H18FN3O2S/c1-13-3-9-16(10-4-13)25-20(27)18(11-14-5-7-15(22)8-6-14)28-21(25)17(12-23)19(26)24-2/h3-10,18H,11H2,1-2H3,(H,24,26)/b21-17+/t18-/m0/s1. The molecule has 2 amide bonds. The minimum absolute atomic E-state index is 0.108. The number of likely N-dealkylation sites (N-methyl/N-ethyl adjacent to an activating group) is 1. The lowest BCUT2D eigenvalue weighted by Gasteiger charge is -2.18. The molecule has 1 atom stereocenters. The van der Waals surface area contributed by atoms with Gasteiger partial charge >= 0.3 is 0 Å². The van der Waals surface area contributed by atoms with E-state index in [0.29, 0.717) is 17.1 Å². The van der Waals surface area contributed by atoms with E-state index in [-0.39, 0.29) is 17.3 Å². The molecule has 0 unspecified atom stereocenters. The van der Waals surface area contributed by atoms with Crippen molar-refractivity contribution in [2.45, 2.75) is 18.6 Å². The molecule has 1 N–H and O–H groups in total. The second-order valence-electron chi connectivity index (χ2n) is 6.32. The molecule has 7 heteroatoms. The van der Waals surface area contributed by atoms with Gasteiger partial charge in [0.25, 0.3) is 5.91 Å². The van der Waals surface area contributed by atoms with Gasteiger partial charge < -0.3 is 5.32 Å². The van der Waals surface area contributed by atoms with Crippen LogP contribution in [0.25, 0.3) is 0 Å². The first-order chi connectivity index (χ1) is 13.4. The SMILES string of the molecule is CNC(=O)/C(C#N)=C1/S[C@@H](Cc2ccc(F)cc2)C(=O)N1c1ccc(C)cc1. The van der Waals surface area contributed by atoms with Gasteiger partial charge in [0.2, 0.25) is 5.91 Å². The fraction of sp³-hybridized carbons (Fsp3) is 0.190. The van der Waals surface area contributed by atoms with E-state index >= 15 is 0 Å². The molecule has 0 aromatic heterocycles. The molecular weight excluding hydrogens is 377 g/mol. The summed E-state index contributed by atoms with van der Waals surface area (Å²) in [5.74, 6) is -1.11. The molecule has 1 heterocycles. The lowest BCUT2D eigenvalue weighted by atomic mass is 10.1. The van der Waals surface area contributed by atoms with Crippen molar-refractivity contribution in [3.8, 4) is 6.07 Å². The Kier molecular flexibility index (Phi) is 5.81. The van der Waals surface area contributed by atoms with Crippen LogP contribution in [0.15, 0.2) is 59.1 Å². The Bertz CT molecular complexity index is 978. The van der Waals surface area contributed by atoms with Crippen LogP contribution in [0.2, 0.25) is 0 Å². The van der Waals surface area contributed by atoms with Crippen molar-refractivity contribution in [1.29, 1.82) is 5.26 Å². The number of nitriles is 1. The second kappa shape index (κ2) is 8.28. The van der Waals surface area contributed by atoms with Gasteiger partial charge in [-0.15, -0.1) is 0 Å². The molecule has 0 bridgehead atoms. The predicted molar refractivity (Wildman–Crippen MR) is 107 cm³/mol. The molecule has 0 aliphatic carbocycles. The van der Waals surface area contributed by atoms with Crippen molar-refractivity contribution in [2.24, 2.45) is 0 Å². The predicted octanol–water partition coefficient (Wildman–Crippen LogP) is 3.31. The van der Waals surface area contributed by atoms with Crippen molar-refractivity contribution in [3.05, 3.63) is 76.1 Å². The van der Waals surface area contributed by atoms with Crippen LogP contribution in [0.5, 0.6) is 0 Å². The van der Waals surface area contributed by atoms with E-state index in [9.17, 15) is 19.2 Å². The number of amides is 2. The van der Waals surface area contributed by atoms with E-state index in [0.717, 1.165) is 11.1 Å². The van der Waals surface area contributed by atoms with Crippen LogP contribution in [-0.2, 0) is 16.0 Å². The van der Waals surface area contributed by atoms with Crippen LogP contribution < -0.4 is 10.2 Å². The first kappa shape index (κ1) is 19.6. The minimum atomic E-state index is -0.544. The molecule has 1 aliphatic heterocycles. The fourth-order valence-electron chi connectivity index (χ4n) is 2.88. The summed E-state index contributed by atoms with van der Waals surface area (Å²) in [7, 11) is 1.44. The molecule has 5 nitrogen and oxygen atoms in total.